The van der Waals surface area contributed by atoms with Gasteiger partial charge in [0.25, 0.3) is 0 Å². The first-order valence-corrected chi connectivity index (χ1v) is 7.97. The molecule has 96 valence electrons. The molecule has 1 aromatic heterocycles. The minimum absolute atomic E-state index is 1.06. The number of benzene rings is 3. The summed E-state index contributed by atoms with van der Waals surface area (Å²) in [6.07, 6.45) is 0. The Morgan fingerprint density at radius 2 is 1.55 bits per heavy atom. The second kappa shape index (κ2) is 4.69. The fourth-order valence-electron chi connectivity index (χ4n) is 2.41. The molecule has 0 saturated carbocycles. The predicted molar refractivity (Wildman–Crippen MR) is 90.3 cm³/mol. The van der Waals surface area contributed by atoms with Crippen LogP contribution in [0, 0.1) is 0 Å². The Morgan fingerprint density at radius 3 is 2.35 bits per heavy atom. The van der Waals surface area contributed by atoms with Gasteiger partial charge in [-0.15, -0.1) is 11.3 Å². The maximum absolute atomic E-state index is 4.78. The van der Waals surface area contributed by atoms with Gasteiger partial charge < -0.3 is 0 Å². The van der Waals surface area contributed by atoms with Gasteiger partial charge in [-0.3, -0.25) is 0 Å². The highest BCUT2D eigenvalue weighted by molar-refractivity contribution is 9.10. The van der Waals surface area contributed by atoms with Gasteiger partial charge in [-0.1, -0.05) is 70.5 Å². The Hall–Kier alpha value is -1.71. The fraction of sp³-hybridized carbons (Fsp3) is 0. The molecule has 1 nitrogen and oxygen atoms in total. The third kappa shape index (κ3) is 1.86. The minimum Gasteiger partial charge on any atom is -0.236 e. The van der Waals surface area contributed by atoms with Gasteiger partial charge in [0.1, 0.15) is 5.01 Å². The van der Waals surface area contributed by atoms with Crippen LogP contribution >= 0.6 is 27.3 Å². The Balaban J connectivity index is 2.07. The van der Waals surface area contributed by atoms with Crippen LogP contribution in [0.4, 0.5) is 0 Å². The second-order valence-corrected chi connectivity index (χ2v) is 6.49. The smallest absolute Gasteiger partial charge is 0.124 e. The molecular formula is C17H10BrNS. The van der Waals surface area contributed by atoms with Crippen LogP contribution in [0.1, 0.15) is 0 Å². The van der Waals surface area contributed by atoms with Gasteiger partial charge in [-0.25, -0.2) is 4.98 Å². The van der Waals surface area contributed by atoms with Crippen molar-refractivity contribution in [3.63, 3.8) is 0 Å². The second-order valence-electron chi connectivity index (χ2n) is 4.64. The number of aromatic nitrogens is 1. The normalized spacial score (nSPS) is 11.2. The van der Waals surface area contributed by atoms with Gasteiger partial charge in [0.2, 0.25) is 0 Å². The van der Waals surface area contributed by atoms with Crippen LogP contribution in [-0.2, 0) is 0 Å². The van der Waals surface area contributed by atoms with Crippen LogP contribution in [0.15, 0.2) is 65.1 Å². The van der Waals surface area contributed by atoms with E-state index in [2.05, 4.69) is 70.5 Å². The van der Waals surface area contributed by atoms with E-state index in [1.54, 1.807) is 11.3 Å². The lowest BCUT2D eigenvalue weighted by Crippen LogP contribution is -1.76. The van der Waals surface area contributed by atoms with E-state index in [-0.39, 0.29) is 0 Å². The maximum Gasteiger partial charge on any atom is 0.124 e. The number of halogens is 1. The van der Waals surface area contributed by atoms with E-state index in [4.69, 9.17) is 4.98 Å². The zero-order valence-corrected chi connectivity index (χ0v) is 12.9. The molecule has 0 amide bonds. The van der Waals surface area contributed by atoms with E-state index < -0.39 is 0 Å². The van der Waals surface area contributed by atoms with Crippen LogP contribution in [0.25, 0.3) is 31.6 Å². The van der Waals surface area contributed by atoms with Crippen molar-refractivity contribution in [2.45, 2.75) is 0 Å². The molecule has 0 spiro atoms. The standard InChI is InChI=1S/C17H10BrNS/c18-14-10-15-16(13-9-5-4-8-12(13)14)20-17(19-15)11-6-2-1-3-7-11/h1-10H. The zero-order valence-electron chi connectivity index (χ0n) is 10.5. The third-order valence-corrected chi connectivity index (χ3v) is 5.18. The summed E-state index contributed by atoms with van der Waals surface area (Å²) in [5.41, 5.74) is 2.23. The Labute approximate surface area is 129 Å². The highest BCUT2D eigenvalue weighted by atomic mass is 79.9. The van der Waals surface area contributed by atoms with Gasteiger partial charge in [0.05, 0.1) is 10.2 Å². The Bertz CT molecular complexity index is 912. The van der Waals surface area contributed by atoms with Gasteiger partial charge in [0, 0.05) is 15.4 Å². The van der Waals surface area contributed by atoms with Crippen molar-refractivity contribution in [1.82, 2.24) is 4.98 Å². The molecule has 0 radical (unpaired) electrons. The lowest BCUT2D eigenvalue weighted by atomic mass is 10.1. The molecule has 1 heterocycles. The number of hydrogen-bond acceptors (Lipinski definition) is 2. The molecule has 0 unspecified atom stereocenters. The summed E-state index contributed by atoms with van der Waals surface area (Å²) in [5, 5.41) is 3.57. The number of thiazole rings is 1. The average molecular weight is 340 g/mol. The number of rotatable bonds is 1. The third-order valence-electron chi connectivity index (χ3n) is 3.37. The van der Waals surface area contributed by atoms with Crippen LogP contribution in [0.5, 0.6) is 0 Å². The molecule has 0 aliphatic carbocycles. The molecule has 0 aliphatic rings. The first kappa shape index (κ1) is 12.1. The summed E-state index contributed by atoms with van der Waals surface area (Å²) in [6.45, 7) is 0. The first-order valence-electron chi connectivity index (χ1n) is 6.36. The molecule has 3 aromatic carbocycles. The van der Waals surface area contributed by atoms with E-state index in [1.807, 2.05) is 6.07 Å². The number of hydrogen-bond donors (Lipinski definition) is 0. The highest BCUT2D eigenvalue weighted by Crippen LogP contribution is 2.37. The quantitative estimate of drug-likeness (QED) is 0.422. The van der Waals surface area contributed by atoms with Crippen molar-refractivity contribution in [2.24, 2.45) is 0 Å². The zero-order chi connectivity index (χ0) is 13.5. The molecule has 0 N–H and O–H groups in total. The SMILES string of the molecule is Brc1cc2nc(-c3ccccc3)sc2c2ccccc12. The summed E-state index contributed by atoms with van der Waals surface area (Å²) in [6, 6.07) is 20.9. The Morgan fingerprint density at radius 1 is 0.850 bits per heavy atom. The monoisotopic (exact) mass is 339 g/mol. The summed E-state index contributed by atoms with van der Waals surface area (Å²) in [5.74, 6) is 0. The topological polar surface area (TPSA) is 12.9 Å². The van der Waals surface area contributed by atoms with Crippen molar-refractivity contribution in [2.75, 3.05) is 0 Å². The van der Waals surface area contributed by atoms with Crippen molar-refractivity contribution < 1.29 is 0 Å². The lowest BCUT2D eigenvalue weighted by Gasteiger charge is -2.00. The molecule has 0 atom stereocenters. The predicted octanol–water partition coefficient (Wildman–Crippen LogP) is 5.88. The molecule has 0 saturated heterocycles. The highest BCUT2D eigenvalue weighted by Gasteiger charge is 2.11. The van der Waals surface area contributed by atoms with Crippen LogP contribution < -0.4 is 0 Å². The molecular weight excluding hydrogens is 330 g/mol. The van der Waals surface area contributed by atoms with Crippen LogP contribution in [0.2, 0.25) is 0 Å². The summed E-state index contributed by atoms with van der Waals surface area (Å²) in [7, 11) is 0. The minimum atomic E-state index is 1.06. The van der Waals surface area contributed by atoms with Crippen molar-refractivity contribution in [1.29, 1.82) is 0 Å². The molecule has 3 heteroatoms. The van der Waals surface area contributed by atoms with Gasteiger partial charge in [-0.05, 0) is 11.5 Å². The number of fused-ring (bicyclic) bond motifs is 3. The molecule has 0 bridgehead atoms. The maximum atomic E-state index is 4.78. The van der Waals surface area contributed by atoms with E-state index in [9.17, 15) is 0 Å². The number of nitrogens with zero attached hydrogens (tertiary/aromatic N) is 1. The largest absolute Gasteiger partial charge is 0.236 e. The van der Waals surface area contributed by atoms with E-state index in [1.165, 1.54) is 21.0 Å². The molecule has 4 rings (SSSR count). The first-order chi connectivity index (χ1) is 9.83. The Kier molecular flexibility index (Phi) is 2.83. The van der Waals surface area contributed by atoms with Gasteiger partial charge in [-0.2, -0.15) is 0 Å². The molecule has 20 heavy (non-hydrogen) atoms. The lowest BCUT2D eigenvalue weighted by molar-refractivity contribution is 1.48. The van der Waals surface area contributed by atoms with E-state index in [0.717, 1.165) is 15.0 Å². The van der Waals surface area contributed by atoms with Crippen molar-refractivity contribution in [3.8, 4) is 10.6 Å². The molecule has 4 aromatic rings. The van der Waals surface area contributed by atoms with Crippen LogP contribution in [-0.4, -0.2) is 4.98 Å². The van der Waals surface area contributed by atoms with Gasteiger partial charge in [0.15, 0.2) is 0 Å². The molecule has 0 fully saturated rings. The summed E-state index contributed by atoms with van der Waals surface area (Å²) < 4.78 is 2.35. The molecule has 0 aliphatic heterocycles. The van der Waals surface area contributed by atoms with Crippen molar-refractivity contribution >= 4 is 48.3 Å². The van der Waals surface area contributed by atoms with Crippen molar-refractivity contribution in [3.05, 3.63) is 65.1 Å². The average Bonchev–Trinajstić information content (AvgIpc) is 2.93. The summed E-state index contributed by atoms with van der Waals surface area (Å²) in [4.78, 5) is 4.78. The van der Waals surface area contributed by atoms with E-state index in [0.29, 0.717) is 0 Å². The van der Waals surface area contributed by atoms with Crippen LogP contribution in [0.3, 0.4) is 0 Å². The summed E-state index contributed by atoms with van der Waals surface area (Å²) >= 11 is 5.40. The fourth-order valence-corrected chi connectivity index (χ4v) is 4.07. The van der Waals surface area contributed by atoms with E-state index >= 15 is 0 Å². The van der Waals surface area contributed by atoms with Gasteiger partial charge >= 0.3 is 0 Å².